The maximum Gasteiger partial charge on any atom is 0.238 e. The third-order valence-electron chi connectivity index (χ3n) is 3.29. The number of ether oxygens (including phenoxy) is 1. The fraction of sp³-hybridized carbons (Fsp3) is 0.438. The van der Waals surface area contributed by atoms with Crippen molar-refractivity contribution in [2.75, 3.05) is 7.11 Å². The quantitative estimate of drug-likeness (QED) is 0.457. The summed E-state index contributed by atoms with van der Waals surface area (Å²) in [6.45, 7) is 6.53. The predicted octanol–water partition coefficient (Wildman–Crippen LogP) is 2.69. The topological polar surface area (TPSA) is 84.5 Å². The Morgan fingerprint density at radius 3 is 2.08 bits per heavy atom. The first-order valence-electron chi connectivity index (χ1n) is 7.36. The minimum atomic E-state index is -4.41. The number of aromatic nitrogens is 2. The highest BCUT2D eigenvalue weighted by Gasteiger charge is 2.29. The van der Waals surface area contributed by atoms with E-state index in [2.05, 4.69) is 29.6 Å². The van der Waals surface area contributed by atoms with E-state index >= 15 is 0 Å². The molecule has 1 aromatic carbocycles. The van der Waals surface area contributed by atoms with Gasteiger partial charge in [0.15, 0.2) is 7.05 Å². The molecular formula is C16H23ClN2O5S. The van der Waals surface area contributed by atoms with E-state index in [1.807, 2.05) is 49.2 Å². The minimum Gasteiger partial charge on any atom is -0.726 e. The molecule has 2 aromatic rings. The van der Waals surface area contributed by atoms with Crippen molar-refractivity contribution in [1.82, 2.24) is 4.68 Å². The molecule has 0 unspecified atom stereocenters. The van der Waals surface area contributed by atoms with Crippen molar-refractivity contribution >= 4 is 22.0 Å². The Kier molecular flexibility index (Phi) is 7.01. The summed E-state index contributed by atoms with van der Waals surface area (Å²) < 4.78 is 41.1. The molecule has 9 heteroatoms. The lowest BCUT2D eigenvalue weighted by Gasteiger charge is -2.18. The van der Waals surface area contributed by atoms with Gasteiger partial charge in [0, 0.05) is 10.4 Å². The van der Waals surface area contributed by atoms with Gasteiger partial charge in [0.1, 0.15) is 11.4 Å². The number of rotatable bonds is 3. The monoisotopic (exact) mass is 390 g/mol. The Morgan fingerprint density at radius 1 is 1.20 bits per heavy atom. The van der Waals surface area contributed by atoms with E-state index in [1.54, 1.807) is 0 Å². The second kappa shape index (κ2) is 8.18. The summed E-state index contributed by atoms with van der Waals surface area (Å²) in [6.07, 6.45) is 2.00. The fourth-order valence-electron chi connectivity index (χ4n) is 2.19. The van der Waals surface area contributed by atoms with Crippen LogP contribution in [-0.4, -0.2) is 24.8 Å². The first kappa shape index (κ1) is 21.4. The molecule has 0 radical (unpaired) electrons. The molecule has 0 aliphatic carbocycles. The Labute approximate surface area is 153 Å². The van der Waals surface area contributed by atoms with Crippen molar-refractivity contribution in [3.8, 4) is 11.5 Å². The maximum absolute atomic E-state index is 9.22. The van der Waals surface area contributed by atoms with E-state index < -0.39 is 10.4 Å². The first-order valence-corrected chi connectivity index (χ1v) is 9.07. The van der Waals surface area contributed by atoms with Crippen molar-refractivity contribution in [2.24, 2.45) is 14.1 Å². The van der Waals surface area contributed by atoms with E-state index in [9.17, 15) is 13.0 Å². The largest absolute Gasteiger partial charge is 0.726 e. The summed E-state index contributed by atoms with van der Waals surface area (Å²) >= 11 is 5.88. The molecule has 7 nitrogen and oxygen atoms in total. The minimum absolute atomic E-state index is 0.0117. The number of halogens is 1. The molecule has 1 heterocycles. The molecule has 2 rings (SSSR count). The smallest absolute Gasteiger partial charge is 0.238 e. The van der Waals surface area contributed by atoms with Gasteiger partial charge in [-0.05, 0) is 24.3 Å². The maximum atomic E-state index is 9.22. The van der Waals surface area contributed by atoms with E-state index in [1.165, 1.54) is 0 Å². The van der Waals surface area contributed by atoms with Gasteiger partial charge in [-0.15, -0.1) is 4.68 Å². The van der Waals surface area contributed by atoms with Gasteiger partial charge in [0.05, 0.1) is 14.2 Å². The number of hydrogen-bond donors (Lipinski definition) is 0. The average molecular weight is 391 g/mol. The highest BCUT2D eigenvalue weighted by Crippen LogP contribution is 2.33. The molecule has 0 aliphatic heterocycles. The van der Waals surface area contributed by atoms with Crippen LogP contribution in [0.15, 0.2) is 30.5 Å². The Balaban J connectivity index is 0.000000450. The highest BCUT2D eigenvalue weighted by atomic mass is 35.5. The van der Waals surface area contributed by atoms with Gasteiger partial charge in [0.2, 0.25) is 22.3 Å². The lowest BCUT2D eigenvalue weighted by Crippen LogP contribution is -2.38. The van der Waals surface area contributed by atoms with Crippen LogP contribution in [0.4, 0.5) is 0 Å². The zero-order chi connectivity index (χ0) is 19.4. The third-order valence-corrected chi connectivity index (χ3v) is 3.95. The molecular weight excluding hydrogens is 368 g/mol. The van der Waals surface area contributed by atoms with E-state index in [4.69, 9.17) is 16.3 Å². The molecule has 0 aliphatic rings. The molecule has 0 N–H and O–H groups in total. The molecule has 0 saturated carbocycles. The van der Waals surface area contributed by atoms with Crippen molar-refractivity contribution in [3.63, 3.8) is 0 Å². The van der Waals surface area contributed by atoms with Crippen LogP contribution in [0.2, 0.25) is 5.02 Å². The van der Waals surface area contributed by atoms with Crippen LogP contribution < -0.4 is 9.42 Å². The molecule has 140 valence electrons. The summed E-state index contributed by atoms with van der Waals surface area (Å²) in [5, 5.41) is 0.710. The second-order valence-electron chi connectivity index (χ2n) is 6.32. The summed E-state index contributed by atoms with van der Waals surface area (Å²) in [6, 6.07) is 7.41. The standard InChI is InChI=1S/C15H20ClN2O.CH4O4S/c1-15(2,3)14-13(10-17(4)18(14)5)19-12-8-6-11(16)7-9-12;1-5-6(2,3)4/h6-10H,1-5H3;1H3,(H,2,3,4)/q+1;/p-1. The average Bonchev–Trinajstić information content (AvgIpc) is 2.76. The zero-order valence-corrected chi connectivity index (χ0v) is 16.7. The summed E-state index contributed by atoms with van der Waals surface area (Å²) in [7, 11) is 0.437. The first-order chi connectivity index (χ1) is 11.3. The van der Waals surface area contributed by atoms with Gasteiger partial charge in [-0.3, -0.25) is 4.18 Å². The highest BCUT2D eigenvalue weighted by molar-refractivity contribution is 7.80. The zero-order valence-electron chi connectivity index (χ0n) is 15.1. The van der Waals surface area contributed by atoms with Crippen molar-refractivity contribution in [1.29, 1.82) is 0 Å². The van der Waals surface area contributed by atoms with Crippen LogP contribution in [-0.2, 0) is 34.1 Å². The SMILES string of the molecule is COS(=O)(=O)[O-].Cn1c(C(C)(C)C)c(Oc2ccc(Cl)cc2)c[n+]1C. The predicted molar refractivity (Wildman–Crippen MR) is 93.5 cm³/mol. The van der Waals surface area contributed by atoms with Crippen LogP contribution in [0.5, 0.6) is 11.5 Å². The fourth-order valence-corrected chi connectivity index (χ4v) is 2.32. The van der Waals surface area contributed by atoms with Gasteiger partial charge in [-0.1, -0.05) is 32.4 Å². The second-order valence-corrected chi connectivity index (χ2v) is 7.91. The van der Waals surface area contributed by atoms with Crippen LogP contribution in [0.3, 0.4) is 0 Å². The van der Waals surface area contributed by atoms with Gasteiger partial charge in [0.25, 0.3) is 0 Å². The molecule has 0 bridgehead atoms. The third kappa shape index (κ3) is 6.66. The van der Waals surface area contributed by atoms with E-state index in [0.29, 0.717) is 5.02 Å². The summed E-state index contributed by atoms with van der Waals surface area (Å²) in [5.74, 6) is 1.67. The van der Waals surface area contributed by atoms with Crippen molar-refractivity contribution in [3.05, 3.63) is 41.2 Å². The summed E-state index contributed by atoms with van der Waals surface area (Å²) in [5.41, 5.74) is 1.17. The van der Waals surface area contributed by atoms with Crippen molar-refractivity contribution < 1.29 is 26.6 Å². The van der Waals surface area contributed by atoms with Gasteiger partial charge >= 0.3 is 0 Å². The van der Waals surface area contributed by atoms with Gasteiger partial charge in [-0.2, -0.15) is 4.68 Å². The van der Waals surface area contributed by atoms with Crippen LogP contribution >= 0.6 is 11.6 Å². The molecule has 0 amide bonds. The number of aryl methyl sites for hydroxylation is 1. The molecule has 0 spiro atoms. The number of hydrogen-bond acceptors (Lipinski definition) is 5. The Morgan fingerprint density at radius 2 is 1.68 bits per heavy atom. The van der Waals surface area contributed by atoms with Crippen LogP contribution in [0.25, 0.3) is 0 Å². The molecule has 25 heavy (non-hydrogen) atoms. The van der Waals surface area contributed by atoms with Crippen LogP contribution in [0, 0.1) is 0 Å². The normalized spacial score (nSPS) is 11.7. The van der Waals surface area contributed by atoms with Crippen LogP contribution in [0.1, 0.15) is 26.5 Å². The van der Waals surface area contributed by atoms with Crippen molar-refractivity contribution in [2.45, 2.75) is 26.2 Å². The summed E-state index contributed by atoms with van der Waals surface area (Å²) in [4.78, 5) is 0. The Hall–Kier alpha value is -1.61. The lowest BCUT2D eigenvalue weighted by molar-refractivity contribution is -0.752. The molecule has 0 saturated heterocycles. The molecule has 1 aromatic heterocycles. The van der Waals surface area contributed by atoms with E-state index in [0.717, 1.165) is 24.3 Å². The number of nitrogens with zero attached hydrogens (tertiary/aromatic N) is 2. The Bertz CT molecular complexity index is 808. The van der Waals surface area contributed by atoms with Gasteiger partial charge in [-0.25, -0.2) is 8.42 Å². The number of benzene rings is 1. The molecule has 0 fully saturated rings. The molecule has 0 atom stereocenters. The lowest BCUT2D eigenvalue weighted by atomic mass is 9.91. The van der Waals surface area contributed by atoms with E-state index in [-0.39, 0.29) is 5.41 Å². The van der Waals surface area contributed by atoms with Gasteiger partial charge < -0.3 is 9.29 Å².